The van der Waals surface area contributed by atoms with Gasteiger partial charge in [0, 0.05) is 30.0 Å². The van der Waals surface area contributed by atoms with Crippen molar-refractivity contribution in [1.82, 2.24) is 10.3 Å². The molecule has 88 valence electrons. The SMILES string of the molecule is Fc1ccc(Br)c(CNCc2cccnc2)c1. The number of pyridine rings is 1. The molecule has 17 heavy (non-hydrogen) atoms. The molecule has 0 aliphatic carbocycles. The van der Waals surface area contributed by atoms with Crippen molar-refractivity contribution in [2.24, 2.45) is 0 Å². The molecule has 0 atom stereocenters. The maximum Gasteiger partial charge on any atom is 0.123 e. The molecule has 0 saturated carbocycles. The molecule has 1 heterocycles. The van der Waals surface area contributed by atoms with Crippen molar-refractivity contribution in [3.05, 3.63) is 64.1 Å². The van der Waals surface area contributed by atoms with Gasteiger partial charge in [0.15, 0.2) is 0 Å². The van der Waals surface area contributed by atoms with Gasteiger partial charge in [-0.1, -0.05) is 22.0 Å². The maximum absolute atomic E-state index is 13.0. The summed E-state index contributed by atoms with van der Waals surface area (Å²) in [5.74, 6) is -0.216. The third-order valence-corrected chi connectivity index (χ3v) is 3.15. The molecule has 0 aliphatic rings. The Hall–Kier alpha value is -1.26. The quantitative estimate of drug-likeness (QED) is 0.936. The summed E-state index contributed by atoms with van der Waals surface area (Å²) in [4.78, 5) is 4.03. The Balaban J connectivity index is 1.92. The van der Waals surface area contributed by atoms with E-state index < -0.39 is 0 Å². The number of nitrogens with one attached hydrogen (secondary N) is 1. The first-order valence-electron chi connectivity index (χ1n) is 5.29. The lowest BCUT2D eigenvalue weighted by Crippen LogP contribution is -2.13. The fraction of sp³-hybridized carbons (Fsp3) is 0.154. The first kappa shape index (κ1) is 12.2. The summed E-state index contributed by atoms with van der Waals surface area (Å²) >= 11 is 3.40. The second-order valence-electron chi connectivity index (χ2n) is 3.70. The van der Waals surface area contributed by atoms with Gasteiger partial charge in [0.05, 0.1) is 0 Å². The van der Waals surface area contributed by atoms with Crippen LogP contribution in [0.5, 0.6) is 0 Å². The van der Waals surface area contributed by atoms with Crippen LogP contribution in [0.2, 0.25) is 0 Å². The molecular formula is C13H12BrFN2. The normalized spacial score (nSPS) is 10.5. The summed E-state index contributed by atoms with van der Waals surface area (Å²) in [7, 11) is 0. The number of aromatic nitrogens is 1. The van der Waals surface area contributed by atoms with Crippen LogP contribution in [0.25, 0.3) is 0 Å². The van der Waals surface area contributed by atoms with Gasteiger partial charge in [0.1, 0.15) is 5.82 Å². The van der Waals surface area contributed by atoms with Crippen molar-refractivity contribution in [1.29, 1.82) is 0 Å². The van der Waals surface area contributed by atoms with E-state index in [9.17, 15) is 4.39 Å². The van der Waals surface area contributed by atoms with Crippen LogP contribution in [0, 0.1) is 5.82 Å². The highest BCUT2D eigenvalue weighted by Gasteiger charge is 2.01. The smallest absolute Gasteiger partial charge is 0.123 e. The third-order valence-electron chi connectivity index (χ3n) is 2.38. The average molecular weight is 295 g/mol. The summed E-state index contributed by atoms with van der Waals surface area (Å²) < 4.78 is 14.0. The van der Waals surface area contributed by atoms with Crippen LogP contribution >= 0.6 is 15.9 Å². The summed E-state index contributed by atoms with van der Waals surface area (Å²) in [5, 5.41) is 3.25. The monoisotopic (exact) mass is 294 g/mol. The lowest BCUT2D eigenvalue weighted by molar-refractivity contribution is 0.619. The highest BCUT2D eigenvalue weighted by atomic mass is 79.9. The summed E-state index contributed by atoms with van der Waals surface area (Å²) in [6.45, 7) is 1.34. The first-order chi connectivity index (χ1) is 8.25. The van der Waals surface area contributed by atoms with E-state index in [4.69, 9.17) is 0 Å². The van der Waals surface area contributed by atoms with Crippen molar-refractivity contribution in [3.8, 4) is 0 Å². The highest BCUT2D eigenvalue weighted by Crippen LogP contribution is 2.17. The molecule has 0 aliphatic heterocycles. The molecule has 1 aromatic carbocycles. The number of hydrogen-bond acceptors (Lipinski definition) is 2. The molecule has 0 amide bonds. The second kappa shape index (κ2) is 5.89. The van der Waals surface area contributed by atoms with E-state index in [1.165, 1.54) is 12.1 Å². The molecule has 1 aromatic heterocycles. The zero-order valence-corrected chi connectivity index (χ0v) is 10.7. The lowest BCUT2D eigenvalue weighted by Gasteiger charge is -2.07. The number of rotatable bonds is 4. The Morgan fingerprint density at radius 1 is 1.24 bits per heavy atom. The van der Waals surface area contributed by atoms with E-state index in [-0.39, 0.29) is 5.82 Å². The Labute approximate surface area is 108 Å². The van der Waals surface area contributed by atoms with E-state index >= 15 is 0 Å². The van der Waals surface area contributed by atoms with Crippen molar-refractivity contribution in [2.45, 2.75) is 13.1 Å². The third kappa shape index (κ3) is 3.61. The van der Waals surface area contributed by atoms with Crippen LogP contribution in [0.4, 0.5) is 4.39 Å². The Kier molecular flexibility index (Phi) is 4.23. The van der Waals surface area contributed by atoms with Gasteiger partial charge in [-0.25, -0.2) is 4.39 Å². The molecule has 4 heteroatoms. The lowest BCUT2D eigenvalue weighted by atomic mass is 10.2. The first-order valence-corrected chi connectivity index (χ1v) is 6.08. The van der Waals surface area contributed by atoms with Gasteiger partial charge in [-0.3, -0.25) is 4.98 Å². The van der Waals surface area contributed by atoms with E-state index in [1.54, 1.807) is 12.3 Å². The van der Waals surface area contributed by atoms with E-state index in [2.05, 4.69) is 26.2 Å². The second-order valence-corrected chi connectivity index (χ2v) is 4.55. The van der Waals surface area contributed by atoms with Crippen molar-refractivity contribution < 1.29 is 4.39 Å². The van der Waals surface area contributed by atoms with Gasteiger partial charge in [-0.15, -0.1) is 0 Å². The van der Waals surface area contributed by atoms with Gasteiger partial charge in [-0.05, 0) is 35.4 Å². The molecule has 2 nitrogen and oxygen atoms in total. The van der Waals surface area contributed by atoms with Gasteiger partial charge >= 0.3 is 0 Å². The molecular weight excluding hydrogens is 283 g/mol. The minimum Gasteiger partial charge on any atom is -0.309 e. The number of hydrogen-bond donors (Lipinski definition) is 1. The number of halogens is 2. The predicted octanol–water partition coefficient (Wildman–Crippen LogP) is 3.27. The topological polar surface area (TPSA) is 24.9 Å². The molecule has 0 saturated heterocycles. The molecule has 0 bridgehead atoms. The van der Waals surface area contributed by atoms with E-state index in [1.807, 2.05) is 18.3 Å². The maximum atomic E-state index is 13.0. The fourth-order valence-corrected chi connectivity index (χ4v) is 1.91. The molecule has 0 radical (unpaired) electrons. The van der Waals surface area contributed by atoms with Crippen LogP contribution in [-0.4, -0.2) is 4.98 Å². The molecule has 2 rings (SSSR count). The summed E-state index contributed by atoms with van der Waals surface area (Å²) in [6.07, 6.45) is 3.56. The summed E-state index contributed by atoms with van der Waals surface area (Å²) in [5.41, 5.74) is 2.02. The Morgan fingerprint density at radius 3 is 2.88 bits per heavy atom. The zero-order valence-electron chi connectivity index (χ0n) is 9.16. The van der Waals surface area contributed by atoms with Gasteiger partial charge in [-0.2, -0.15) is 0 Å². The van der Waals surface area contributed by atoms with Gasteiger partial charge in [0.25, 0.3) is 0 Å². The van der Waals surface area contributed by atoms with Crippen molar-refractivity contribution >= 4 is 15.9 Å². The van der Waals surface area contributed by atoms with E-state index in [0.29, 0.717) is 6.54 Å². The van der Waals surface area contributed by atoms with Crippen LogP contribution in [0.15, 0.2) is 47.2 Å². The van der Waals surface area contributed by atoms with Crippen molar-refractivity contribution in [2.75, 3.05) is 0 Å². The average Bonchev–Trinajstić information content (AvgIpc) is 2.35. The van der Waals surface area contributed by atoms with Crippen LogP contribution in [-0.2, 0) is 13.1 Å². The highest BCUT2D eigenvalue weighted by molar-refractivity contribution is 9.10. The van der Waals surface area contributed by atoms with Crippen LogP contribution < -0.4 is 5.32 Å². The zero-order chi connectivity index (χ0) is 12.1. The standard InChI is InChI=1S/C13H12BrFN2/c14-13-4-3-12(15)6-11(13)9-17-8-10-2-1-5-16-7-10/h1-7,17H,8-9H2. The molecule has 1 N–H and O–H groups in total. The largest absolute Gasteiger partial charge is 0.309 e. The molecule has 0 unspecified atom stereocenters. The Morgan fingerprint density at radius 2 is 2.12 bits per heavy atom. The molecule has 2 aromatic rings. The number of nitrogens with zero attached hydrogens (tertiary/aromatic N) is 1. The predicted molar refractivity (Wildman–Crippen MR) is 68.9 cm³/mol. The van der Waals surface area contributed by atoms with E-state index in [0.717, 1.165) is 22.1 Å². The Bertz CT molecular complexity index is 488. The van der Waals surface area contributed by atoms with Gasteiger partial charge in [0.2, 0.25) is 0 Å². The summed E-state index contributed by atoms with van der Waals surface area (Å²) in [6, 6.07) is 8.58. The molecule has 0 spiro atoms. The van der Waals surface area contributed by atoms with Crippen LogP contribution in [0.1, 0.15) is 11.1 Å². The molecule has 0 fully saturated rings. The minimum absolute atomic E-state index is 0.216. The fourth-order valence-electron chi connectivity index (χ4n) is 1.52. The van der Waals surface area contributed by atoms with Crippen molar-refractivity contribution in [3.63, 3.8) is 0 Å². The minimum atomic E-state index is -0.216. The van der Waals surface area contributed by atoms with Gasteiger partial charge < -0.3 is 5.32 Å². The van der Waals surface area contributed by atoms with Crippen LogP contribution in [0.3, 0.4) is 0 Å². The number of benzene rings is 1.